The number of aryl methyl sites for hydroxylation is 1. The number of aromatic nitrogens is 2. The van der Waals surface area contributed by atoms with Gasteiger partial charge in [-0.15, -0.1) is 11.3 Å². The van der Waals surface area contributed by atoms with Crippen LogP contribution >= 0.6 is 11.3 Å². The molecular formula is C6H6N2OS. The Morgan fingerprint density at radius 1 is 1.70 bits per heavy atom. The molecular weight excluding hydrogens is 148 g/mol. The predicted molar refractivity (Wildman–Crippen MR) is 39.5 cm³/mol. The molecule has 52 valence electrons. The summed E-state index contributed by atoms with van der Waals surface area (Å²) in [7, 11) is 0. The lowest BCUT2D eigenvalue weighted by atomic mass is 10.4. The van der Waals surface area contributed by atoms with Crippen molar-refractivity contribution in [3.8, 4) is 0 Å². The number of nitrogens with zero attached hydrogens (tertiary/aromatic N) is 2. The first-order valence-corrected chi connectivity index (χ1v) is 3.77. The van der Waals surface area contributed by atoms with E-state index in [1.54, 1.807) is 23.0 Å². The minimum Gasteiger partial charge on any atom is -0.427 e. The van der Waals surface area contributed by atoms with E-state index < -0.39 is 0 Å². The van der Waals surface area contributed by atoms with Crippen molar-refractivity contribution >= 4 is 21.7 Å². The maximum Gasteiger partial charge on any atom is 0.186 e. The third-order valence-corrected chi connectivity index (χ3v) is 2.39. The number of fused-ring (bicyclic) bond motifs is 1. The highest BCUT2D eigenvalue weighted by Gasteiger charge is 2.05. The summed E-state index contributed by atoms with van der Waals surface area (Å²) in [5.41, 5.74) is 3.45. The SMILES string of the molecule is Cc1cn(O)c2ncsc12. The standard InChI is InChI=1S/C6H6N2OS/c1-4-2-8(9)6-5(4)10-3-7-6/h2-3,9H,1H3. The van der Waals surface area contributed by atoms with Gasteiger partial charge in [-0.1, -0.05) is 0 Å². The van der Waals surface area contributed by atoms with Crippen molar-refractivity contribution in [2.75, 3.05) is 0 Å². The minimum absolute atomic E-state index is 0.655. The Labute approximate surface area is 61.5 Å². The van der Waals surface area contributed by atoms with Gasteiger partial charge in [-0.05, 0) is 12.5 Å². The molecule has 0 bridgehead atoms. The molecule has 2 aromatic rings. The third-order valence-electron chi connectivity index (χ3n) is 1.44. The van der Waals surface area contributed by atoms with E-state index in [0.29, 0.717) is 5.65 Å². The summed E-state index contributed by atoms with van der Waals surface area (Å²) < 4.78 is 2.11. The molecule has 2 aromatic heterocycles. The fraction of sp³-hybridized carbons (Fsp3) is 0.167. The van der Waals surface area contributed by atoms with Gasteiger partial charge >= 0.3 is 0 Å². The van der Waals surface area contributed by atoms with Crippen LogP contribution in [0.1, 0.15) is 5.56 Å². The Hall–Kier alpha value is -1.03. The summed E-state index contributed by atoms with van der Waals surface area (Å²) >= 11 is 1.54. The van der Waals surface area contributed by atoms with E-state index in [1.807, 2.05) is 6.92 Å². The molecule has 0 saturated heterocycles. The third kappa shape index (κ3) is 0.565. The van der Waals surface area contributed by atoms with Crippen molar-refractivity contribution in [1.82, 2.24) is 9.71 Å². The number of rotatable bonds is 0. The molecule has 0 saturated carbocycles. The van der Waals surface area contributed by atoms with E-state index >= 15 is 0 Å². The normalized spacial score (nSPS) is 10.9. The Bertz CT molecular complexity index is 331. The maximum atomic E-state index is 9.14. The van der Waals surface area contributed by atoms with Crippen molar-refractivity contribution < 1.29 is 5.21 Å². The highest BCUT2D eigenvalue weighted by Crippen LogP contribution is 2.21. The van der Waals surface area contributed by atoms with E-state index in [2.05, 4.69) is 4.98 Å². The number of hydrogen-bond acceptors (Lipinski definition) is 3. The van der Waals surface area contributed by atoms with Crippen molar-refractivity contribution in [1.29, 1.82) is 0 Å². The van der Waals surface area contributed by atoms with Gasteiger partial charge in [0.25, 0.3) is 0 Å². The van der Waals surface area contributed by atoms with Gasteiger partial charge in [-0.3, -0.25) is 0 Å². The summed E-state index contributed by atoms with van der Waals surface area (Å²) in [5.74, 6) is 0. The van der Waals surface area contributed by atoms with Crippen molar-refractivity contribution in [2.24, 2.45) is 0 Å². The molecule has 0 aromatic carbocycles. The molecule has 0 aliphatic carbocycles. The lowest BCUT2D eigenvalue weighted by Gasteiger charge is -1.84. The van der Waals surface area contributed by atoms with Crippen molar-refractivity contribution in [3.05, 3.63) is 17.3 Å². The van der Waals surface area contributed by atoms with Crippen LogP contribution in [0.2, 0.25) is 0 Å². The summed E-state index contributed by atoms with van der Waals surface area (Å²) in [6.07, 6.45) is 1.66. The topological polar surface area (TPSA) is 38.0 Å². The zero-order valence-corrected chi connectivity index (χ0v) is 6.22. The molecule has 0 aliphatic rings. The van der Waals surface area contributed by atoms with Crippen LogP contribution < -0.4 is 0 Å². The second kappa shape index (κ2) is 1.73. The fourth-order valence-corrected chi connectivity index (χ4v) is 1.72. The van der Waals surface area contributed by atoms with E-state index in [0.717, 1.165) is 15.0 Å². The second-order valence-electron chi connectivity index (χ2n) is 2.16. The second-order valence-corrected chi connectivity index (χ2v) is 3.02. The lowest BCUT2D eigenvalue weighted by Crippen LogP contribution is -1.85. The Morgan fingerprint density at radius 3 is 3.20 bits per heavy atom. The molecule has 4 heteroatoms. The van der Waals surface area contributed by atoms with Crippen LogP contribution in [-0.4, -0.2) is 14.9 Å². The summed E-state index contributed by atoms with van der Waals surface area (Å²) in [4.78, 5) is 3.97. The fourth-order valence-electron chi connectivity index (χ4n) is 0.976. The summed E-state index contributed by atoms with van der Waals surface area (Å²) in [6, 6.07) is 0. The van der Waals surface area contributed by atoms with E-state index in [1.165, 1.54) is 0 Å². The van der Waals surface area contributed by atoms with Crippen LogP contribution in [0.5, 0.6) is 0 Å². The maximum absolute atomic E-state index is 9.14. The first-order chi connectivity index (χ1) is 4.79. The largest absolute Gasteiger partial charge is 0.427 e. The molecule has 1 N–H and O–H groups in total. The molecule has 3 nitrogen and oxygen atoms in total. The molecule has 0 radical (unpaired) electrons. The monoisotopic (exact) mass is 154 g/mol. The Kier molecular flexibility index (Phi) is 0.990. The summed E-state index contributed by atoms with van der Waals surface area (Å²) in [6.45, 7) is 1.95. The minimum atomic E-state index is 0.655. The van der Waals surface area contributed by atoms with Gasteiger partial charge in [0.05, 0.1) is 16.4 Å². The van der Waals surface area contributed by atoms with Gasteiger partial charge in [0, 0.05) is 0 Å². The van der Waals surface area contributed by atoms with Crippen LogP contribution in [0, 0.1) is 6.92 Å². The zero-order chi connectivity index (χ0) is 7.14. The lowest BCUT2D eigenvalue weighted by molar-refractivity contribution is 0.198. The van der Waals surface area contributed by atoms with Gasteiger partial charge in [-0.25, -0.2) is 4.98 Å². The van der Waals surface area contributed by atoms with Crippen LogP contribution in [0.4, 0.5) is 0 Å². The van der Waals surface area contributed by atoms with E-state index in [9.17, 15) is 0 Å². The Morgan fingerprint density at radius 2 is 2.50 bits per heavy atom. The average molecular weight is 154 g/mol. The number of hydrogen-bond donors (Lipinski definition) is 1. The van der Waals surface area contributed by atoms with E-state index in [-0.39, 0.29) is 0 Å². The van der Waals surface area contributed by atoms with Gasteiger partial charge < -0.3 is 5.21 Å². The van der Waals surface area contributed by atoms with Crippen LogP contribution in [-0.2, 0) is 0 Å². The summed E-state index contributed by atoms with van der Waals surface area (Å²) in [5, 5.41) is 9.14. The van der Waals surface area contributed by atoms with Crippen LogP contribution in [0.25, 0.3) is 10.3 Å². The molecule has 10 heavy (non-hydrogen) atoms. The highest BCUT2D eigenvalue weighted by molar-refractivity contribution is 7.16. The van der Waals surface area contributed by atoms with Gasteiger partial charge in [-0.2, -0.15) is 4.73 Å². The van der Waals surface area contributed by atoms with Crippen molar-refractivity contribution in [3.63, 3.8) is 0 Å². The predicted octanol–water partition coefficient (Wildman–Crippen LogP) is 1.64. The van der Waals surface area contributed by atoms with Crippen molar-refractivity contribution in [2.45, 2.75) is 6.92 Å². The number of thiazole rings is 1. The molecule has 0 aliphatic heterocycles. The quantitative estimate of drug-likeness (QED) is 0.586. The van der Waals surface area contributed by atoms with E-state index in [4.69, 9.17) is 5.21 Å². The molecule has 0 amide bonds. The highest BCUT2D eigenvalue weighted by atomic mass is 32.1. The molecule has 0 fully saturated rings. The first-order valence-electron chi connectivity index (χ1n) is 2.89. The average Bonchev–Trinajstić information content (AvgIpc) is 2.39. The molecule has 0 atom stereocenters. The molecule has 2 heterocycles. The molecule has 0 spiro atoms. The molecule has 2 rings (SSSR count). The first kappa shape index (κ1) is 5.73. The van der Waals surface area contributed by atoms with Gasteiger partial charge in [0.15, 0.2) is 5.65 Å². The van der Waals surface area contributed by atoms with Crippen LogP contribution in [0.3, 0.4) is 0 Å². The van der Waals surface area contributed by atoms with Gasteiger partial charge in [0.1, 0.15) is 0 Å². The zero-order valence-electron chi connectivity index (χ0n) is 5.40. The molecule has 0 unspecified atom stereocenters. The Balaban J connectivity index is 2.98. The van der Waals surface area contributed by atoms with Crippen LogP contribution in [0.15, 0.2) is 11.7 Å². The smallest absolute Gasteiger partial charge is 0.186 e. The van der Waals surface area contributed by atoms with Gasteiger partial charge in [0.2, 0.25) is 0 Å².